The number of hydrogen-bond acceptors (Lipinski definition) is 4. The van der Waals surface area contributed by atoms with Crippen LogP contribution in [0, 0.1) is 5.92 Å². The Morgan fingerprint density at radius 3 is 2.53 bits per heavy atom. The molecule has 2 fully saturated rings. The van der Waals surface area contributed by atoms with Gasteiger partial charge < -0.3 is 9.80 Å². The molecule has 3 heterocycles. The number of aromatic nitrogens is 1. The van der Waals surface area contributed by atoms with Crippen LogP contribution in [0.15, 0.2) is 60.9 Å². The second-order valence-electron chi connectivity index (χ2n) is 9.97. The van der Waals surface area contributed by atoms with Gasteiger partial charge >= 0.3 is 0 Å². The molecule has 1 aromatic heterocycles. The fraction of sp³-hybridized carbons (Fsp3) is 0.448. The number of nitrogens with zero attached hydrogens (tertiary/aromatic N) is 4. The molecule has 178 valence electrons. The molecule has 2 saturated heterocycles. The highest BCUT2D eigenvalue weighted by atomic mass is 16.2. The molecule has 2 aromatic carbocycles. The normalized spacial score (nSPS) is 19.9. The van der Waals surface area contributed by atoms with Crippen molar-refractivity contribution in [2.75, 3.05) is 44.2 Å². The van der Waals surface area contributed by atoms with E-state index < -0.39 is 0 Å². The van der Waals surface area contributed by atoms with E-state index in [4.69, 9.17) is 0 Å². The molecule has 0 spiro atoms. The fourth-order valence-electron chi connectivity index (χ4n) is 5.72. The van der Waals surface area contributed by atoms with Gasteiger partial charge in [0.2, 0.25) is 5.91 Å². The Hall–Kier alpha value is -2.92. The number of benzene rings is 2. The second kappa shape index (κ2) is 10.6. The van der Waals surface area contributed by atoms with Crippen molar-refractivity contribution < 1.29 is 4.79 Å². The van der Waals surface area contributed by atoms with Crippen molar-refractivity contribution >= 4 is 22.4 Å². The topological polar surface area (TPSA) is 39.7 Å². The van der Waals surface area contributed by atoms with Crippen LogP contribution in [-0.2, 0) is 17.8 Å². The van der Waals surface area contributed by atoms with Gasteiger partial charge in [0.25, 0.3) is 0 Å². The third-order valence-corrected chi connectivity index (χ3v) is 7.47. The van der Waals surface area contributed by atoms with Gasteiger partial charge in [-0.3, -0.25) is 14.7 Å². The van der Waals surface area contributed by atoms with Crippen molar-refractivity contribution in [3.63, 3.8) is 0 Å². The van der Waals surface area contributed by atoms with Gasteiger partial charge in [-0.15, -0.1) is 0 Å². The zero-order valence-electron chi connectivity index (χ0n) is 20.3. The van der Waals surface area contributed by atoms with Crippen molar-refractivity contribution in [3.05, 3.63) is 72.1 Å². The highest BCUT2D eigenvalue weighted by Gasteiger charge is 2.26. The molecular weight excluding hydrogens is 420 g/mol. The van der Waals surface area contributed by atoms with Crippen LogP contribution in [0.3, 0.4) is 0 Å². The molecule has 2 aliphatic heterocycles. The molecule has 3 aromatic rings. The summed E-state index contributed by atoms with van der Waals surface area (Å²) in [5, 5.41) is 2.46. The van der Waals surface area contributed by atoms with Crippen LogP contribution in [0.5, 0.6) is 0 Å². The Labute approximate surface area is 203 Å². The van der Waals surface area contributed by atoms with Gasteiger partial charge in [0.15, 0.2) is 0 Å². The van der Waals surface area contributed by atoms with Crippen LogP contribution < -0.4 is 4.90 Å². The van der Waals surface area contributed by atoms with Crippen LogP contribution in [-0.4, -0.2) is 60.0 Å². The number of carbonyl (C=O) groups excluding carboxylic acids is 1. The van der Waals surface area contributed by atoms with Gasteiger partial charge in [-0.25, -0.2) is 0 Å². The Morgan fingerprint density at radius 2 is 1.68 bits per heavy atom. The van der Waals surface area contributed by atoms with Crippen LogP contribution >= 0.6 is 0 Å². The molecule has 2 aliphatic rings. The van der Waals surface area contributed by atoms with Crippen LogP contribution in [0.4, 0.5) is 5.69 Å². The van der Waals surface area contributed by atoms with E-state index in [9.17, 15) is 4.79 Å². The summed E-state index contributed by atoms with van der Waals surface area (Å²) >= 11 is 0. The van der Waals surface area contributed by atoms with Gasteiger partial charge in [0.1, 0.15) is 0 Å². The van der Waals surface area contributed by atoms with Crippen LogP contribution in [0.25, 0.3) is 10.8 Å². The number of anilines is 1. The SMILES string of the molecule is CC(=O)N1CCN(Cc2ccccc2N2CCCCC2)C[C@@H](Cc2cncc3ccccc23)C1. The molecule has 1 atom stereocenters. The molecule has 34 heavy (non-hydrogen) atoms. The number of carbonyl (C=O) groups is 1. The van der Waals surface area contributed by atoms with Gasteiger partial charge in [0, 0.05) is 76.2 Å². The third-order valence-electron chi connectivity index (χ3n) is 7.47. The maximum absolute atomic E-state index is 12.4. The standard InChI is InChI=1S/C29H36N4O/c1-23(34)33-16-15-31(22-26-10-4-6-12-29(26)32-13-7-2-8-14-32)20-24(21-33)17-27-19-30-18-25-9-3-5-11-28(25)27/h3-6,9-12,18-19,24H,2,7-8,13-17,20-22H2,1H3/t24-/m1/s1. The zero-order chi connectivity index (χ0) is 23.3. The highest BCUT2D eigenvalue weighted by Crippen LogP contribution is 2.27. The van der Waals surface area contributed by atoms with E-state index in [1.54, 1.807) is 6.92 Å². The summed E-state index contributed by atoms with van der Waals surface area (Å²) in [6, 6.07) is 17.4. The lowest BCUT2D eigenvalue weighted by molar-refractivity contribution is -0.129. The highest BCUT2D eigenvalue weighted by molar-refractivity contribution is 5.84. The first-order chi connectivity index (χ1) is 16.7. The molecule has 5 heteroatoms. The fourth-order valence-corrected chi connectivity index (χ4v) is 5.72. The largest absolute Gasteiger partial charge is 0.371 e. The summed E-state index contributed by atoms with van der Waals surface area (Å²) in [7, 11) is 0. The summed E-state index contributed by atoms with van der Waals surface area (Å²) in [6.07, 6.45) is 8.80. The summed E-state index contributed by atoms with van der Waals surface area (Å²) < 4.78 is 0. The number of pyridine rings is 1. The molecule has 0 bridgehead atoms. The summed E-state index contributed by atoms with van der Waals surface area (Å²) in [6.45, 7) is 8.46. The van der Waals surface area contributed by atoms with Crippen LogP contribution in [0.1, 0.15) is 37.3 Å². The summed E-state index contributed by atoms with van der Waals surface area (Å²) in [4.78, 5) is 24.1. The number of amides is 1. The lowest BCUT2D eigenvalue weighted by Crippen LogP contribution is -2.34. The van der Waals surface area contributed by atoms with E-state index >= 15 is 0 Å². The van der Waals surface area contributed by atoms with Gasteiger partial charge in [0.05, 0.1) is 0 Å². The first-order valence-electron chi connectivity index (χ1n) is 12.8. The number of fused-ring (bicyclic) bond motifs is 1. The number of hydrogen-bond donors (Lipinski definition) is 0. The minimum Gasteiger partial charge on any atom is -0.371 e. The van der Waals surface area contributed by atoms with E-state index in [-0.39, 0.29) is 5.91 Å². The molecule has 5 nitrogen and oxygen atoms in total. The Bertz CT molecular complexity index is 1120. The molecule has 0 N–H and O–H groups in total. The molecule has 0 saturated carbocycles. The van der Waals surface area contributed by atoms with Gasteiger partial charge in [-0.05, 0) is 54.2 Å². The van der Waals surface area contributed by atoms with Crippen molar-refractivity contribution in [1.82, 2.24) is 14.8 Å². The lowest BCUT2D eigenvalue weighted by atomic mass is 9.95. The van der Waals surface area contributed by atoms with E-state index in [0.29, 0.717) is 5.92 Å². The van der Waals surface area contributed by atoms with Gasteiger partial charge in [-0.2, -0.15) is 0 Å². The smallest absolute Gasteiger partial charge is 0.219 e. The Balaban J connectivity index is 1.37. The summed E-state index contributed by atoms with van der Waals surface area (Å²) in [5.41, 5.74) is 4.08. The molecule has 0 aliphatic carbocycles. The molecular formula is C29H36N4O. The van der Waals surface area contributed by atoms with E-state index in [0.717, 1.165) is 52.2 Å². The predicted molar refractivity (Wildman–Crippen MR) is 139 cm³/mol. The van der Waals surface area contributed by atoms with Crippen molar-refractivity contribution in [1.29, 1.82) is 0 Å². The summed E-state index contributed by atoms with van der Waals surface area (Å²) in [5.74, 6) is 0.553. The van der Waals surface area contributed by atoms with E-state index in [1.165, 1.54) is 46.8 Å². The Kier molecular flexibility index (Phi) is 7.10. The Morgan fingerprint density at radius 1 is 0.882 bits per heavy atom. The van der Waals surface area contributed by atoms with Crippen LogP contribution in [0.2, 0.25) is 0 Å². The van der Waals surface area contributed by atoms with E-state index in [2.05, 4.69) is 63.3 Å². The maximum atomic E-state index is 12.4. The molecule has 1 amide bonds. The molecule has 0 radical (unpaired) electrons. The second-order valence-corrected chi connectivity index (χ2v) is 9.97. The maximum Gasteiger partial charge on any atom is 0.219 e. The predicted octanol–water partition coefficient (Wildman–Crippen LogP) is 4.75. The average molecular weight is 457 g/mol. The van der Waals surface area contributed by atoms with E-state index in [1.807, 2.05) is 17.3 Å². The minimum absolute atomic E-state index is 0.177. The number of para-hydroxylation sites is 1. The van der Waals surface area contributed by atoms with Crippen molar-refractivity contribution in [2.45, 2.75) is 39.2 Å². The quantitative estimate of drug-likeness (QED) is 0.556. The zero-order valence-corrected chi connectivity index (χ0v) is 20.3. The first kappa shape index (κ1) is 22.9. The third kappa shape index (κ3) is 5.25. The number of piperidine rings is 1. The molecule has 0 unspecified atom stereocenters. The minimum atomic E-state index is 0.177. The monoisotopic (exact) mass is 456 g/mol. The van der Waals surface area contributed by atoms with Crippen molar-refractivity contribution in [3.8, 4) is 0 Å². The van der Waals surface area contributed by atoms with Gasteiger partial charge in [-0.1, -0.05) is 42.5 Å². The van der Waals surface area contributed by atoms with Crippen molar-refractivity contribution in [2.24, 2.45) is 5.92 Å². The first-order valence-corrected chi connectivity index (χ1v) is 12.8. The average Bonchev–Trinajstić information content (AvgIpc) is 3.07. The molecule has 5 rings (SSSR count). The number of rotatable bonds is 5. The lowest BCUT2D eigenvalue weighted by Gasteiger charge is -2.32.